The zero-order valence-corrected chi connectivity index (χ0v) is 13.0. The second kappa shape index (κ2) is 5.29. The first kappa shape index (κ1) is 14.6. The van der Waals surface area contributed by atoms with Gasteiger partial charge in [0.05, 0.1) is 6.04 Å². The average molecular weight is 317 g/mol. The molecule has 2 atom stereocenters. The second-order valence-corrected chi connectivity index (χ2v) is 8.53. The molecule has 0 aliphatic rings. The molecule has 0 saturated heterocycles. The van der Waals surface area contributed by atoms with Crippen molar-refractivity contribution in [3.8, 4) is 0 Å². The summed E-state index contributed by atoms with van der Waals surface area (Å²) >= 11 is 2.83. The molecule has 5 nitrogen and oxygen atoms in total. The van der Waals surface area contributed by atoms with Crippen LogP contribution in [0, 0.1) is 5.92 Å². The van der Waals surface area contributed by atoms with E-state index in [-0.39, 0.29) is 5.92 Å². The molecule has 1 unspecified atom stereocenters. The van der Waals surface area contributed by atoms with Crippen molar-refractivity contribution in [3.63, 3.8) is 0 Å². The van der Waals surface area contributed by atoms with Crippen LogP contribution >= 0.6 is 22.7 Å². The Morgan fingerprint density at radius 1 is 1.42 bits per heavy atom. The van der Waals surface area contributed by atoms with Crippen LogP contribution in [0.4, 0.5) is 0 Å². The Hall–Kier alpha value is -0.800. The van der Waals surface area contributed by atoms with Gasteiger partial charge in [-0.2, -0.15) is 0 Å². The Balaban J connectivity index is 2.39. The molecule has 0 saturated carbocycles. The van der Waals surface area contributed by atoms with Gasteiger partial charge in [0.1, 0.15) is 4.21 Å². The van der Waals surface area contributed by atoms with Gasteiger partial charge in [-0.3, -0.25) is 4.79 Å². The Bertz CT molecular complexity index is 694. The number of rotatable bonds is 3. The SMILES string of the molecule is CC(C)[C@H](N)C(=O)N=S(N)(=O)c1cc2sccc2s1. The summed E-state index contributed by atoms with van der Waals surface area (Å²) in [6, 6.07) is 2.88. The summed E-state index contributed by atoms with van der Waals surface area (Å²) in [5, 5.41) is 7.64. The highest BCUT2D eigenvalue weighted by atomic mass is 32.2. The van der Waals surface area contributed by atoms with Crippen LogP contribution in [-0.4, -0.2) is 16.2 Å². The molecule has 2 aromatic rings. The van der Waals surface area contributed by atoms with E-state index in [4.69, 9.17) is 10.9 Å². The number of fused-ring (bicyclic) bond motifs is 1. The third-order valence-electron chi connectivity index (χ3n) is 2.63. The maximum Gasteiger partial charge on any atom is 0.272 e. The van der Waals surface area contributed by atoms with Gasteiger partial charge in [0, 0.05) is 9.40 Å². The van der Waals surface area contributed by atoms with Crippen LogP contribution in [0.3, 0.4) is 0 Å². The fourth-order valence-corrected chi connectivity index (χ4v) is 4.95. The minimum absolute atomic E-state index is 0.0710. The van der Waals surface area contributed by atoms with Gasteiger partial charge in [-0.05, 0) is 23.4 Å². The van der Waals surface area contributed by atoms with E-state index in [0.717, 1.165) is 9.40 Å². The van der Waals surface area contributed by atoms with Crippen LogP contribution in [0.1, 0.15) is 13.8 Å². The van der Waals surface area contributed by atoms with Crippen LogP contribution < -0.4 is 10.9 Å². The number of thiophene rings is 2. The van der Waals surface area contributed by atoms with Crippen LogP contribution in [0.5, 0.6) is 0 Å². The van der Waals surface area contributed by atoms with Crippen molar-refractivity contribution in [2.45, 2.75) is 24.1 Å². The number of hydrogen-bond acceptors (Lipinski definition) is 5. The van der Waals surface area contributed by atoms with Gasteiger partial charge < -0.3 is 5.73 Å². The van der Waals surface area contributed by atoms with Gasteiger partial charge in [-0.25, -0.2) is 9.35 Å². The molecule has 4 N–H and O–H groups in total. The summed E-state index contributed by atoms with van der Waals surface area (Å²) in [5.74, 6) is -0.683. The fraction of sp³-hybridized carbons (Fsp3) is 0.364. The van der Waals surface area contributed by atoms with Gasteiger partial charge in [0.2, 0.25) is 0 Å². The molecule has 8 heteroatoms. The topological polar surface area (TPSA) is 98.5 Å². The molecule has 0 spiro atoms. The van der Waals surface area contributed by atoms with Crippen molar-refractivity contribution in [2.75, 3.05) is 0 Å². The zero-order chi connectivity index (χ0) is 14.2. The largest absolute Gasteiger partial charge is 0.320 e. The lowest BCUT2D eigenvalue weighted by atomic mass is 10.1. The number of carbonyl (C=O) groups is 1. The number of nitrogens with zero attached hydrogens (tertiary/aromatic N) is 1. The molecule has 0 radical (unpaired) electrons. The average Bonchev–Trinajstić information content (AvgIpc) is 2.86. The molecular weight excluding hydrogens is 302 g/mol. The fourth-order valence-electron chi connectivity index (χ4n) is 1.41. The first-order valence-corrected chi connectivity index (χ1v) is 8.90. The Labute approximate surface area is 119 Å². The number of amides is 1. The molecule has 0 bridgehead atoms. The monoisotopic (exact) mass is 317 g/mol. The molecule has 2 heterocycles. The molecule has 19 heavy (non-hydrogen) atoms. The van der Waals surface area contributed by atoms with Crippen molar-refractivity contribution in [1.82, 2.24) is 0 Å². The van der Waals surface area contributed by atoms with E-state index < -0.39 is 21.9 Å². The van der Waals surface area contributed by atoms with E-state index >= 15 is 0 Å². The van der Waals surface area contributed by atoms with Crippen molar-refractivity contribution in [1.29, 1.82) is 0 Å². The van der Waals surface area contributed by atoms with E-state index in [2.05, 4.69) is 4.36 Å². The van der Waals surface area contributed by atoms with Gasteiger partial charge in [-0.1, -0.05) is 13.8 Å². The normalized spacial score (nSPS) is 16.5. The maximum absolute atomic E-state index is 12.3. The highest BCUT2D eigenvalue weighted by Crippen LogP contribution is 2.32. The summed E-state index contributed by atoms with van der Waals surface area (Å²) in [7, 11) is -3.20. The molecule has 2 aromatic heterocycles. The van der Waals surface area contributed by atoms with E-state index in [0.29, 0.717) is 4.21 Å². The second-order valence-electron chi connectivity index (χ2n) is 4.48. The van der Waals surface area contributed by atoms with E-state index in [1.807, 2.05) is 11.4 Å². The predicted molar refractivity (Wildman–Crippen MR) is 80.5 cm³/mol. The molecule has 0 aliphatic heterocycles. The Morgan fingerprint density at radius 2 is 2.11 bits per heavy atom. The van der Waals surface area contributed by atoms with Gasteiger partial charge >= 0.3 is 0 Å². The van der Waals surface area contributed by atoms with E-state index in [9.17, 15) is 9.00 Å². The molecule has 0 aliphatic carbocycles. The smallest absolute Gasteiger partial charge is 0.272 e. The summed E-state index contributed by atoms with van der Waals surface area (Å²) in [6.07, 6.45) is 0. The van der Waals surface area contributed by atoms with Crippen LogP contribution in [0.2, 0.25) is 0 Å². The lowest BCUT2D eigenvalue weighted by Gasteiger charge is -2.11. The molecule has 0 aromatic carbocycles. The van der Waals surface area contributed by atoms with Crippen molar-refractivity contribution in [2.24, 2.45) is 21.2 Å². The van der Waals surface area contributed by atoms with E-state index in [1.165, 1.54) is 22.7 Å². The first-order valence-electron chi connectivity index (χ1n) is 5.62. The quantitative estimate of drug-likeness (QED) is 0.907. The summed E-state index contributed by atoms with van der Waals surface area (Å²) in [5.41, 5.74) is 5.68. The van der Waals surface area contributed by atoms with Crippen molar-refractivity contribution < 1.29 is 9.00 Å². The summed E-state index contributed by atoms with van der Waals surface area (Å²) in [4.78, 5) is 11.8. The Morgan fingerprint density at radius 3 is 2.68 bits per heavy atom. The highest BCUT2D eigenvalue weighted by Gasteiger charge is 2.20. The summed E-state index contributed by atoms with van der Waals surface area (Å²) < 4.78 is 18.4. The zero-order valence-electron chi connectivity index (χ0n) is 10.5. The molecule has 0 fully saturated rings. The number of nitrogens with two attached hydrogens (primary N) is 2. The number of hydrogen-bond donors (Lipinski definition) is 2. The lowest BCUT2D eigenvalue weighted by molar-refractivity contribution is -0.119. The minimum Gasteiger partial charge on any atom is -0.320 e. The van der Waals surface area contributed by atoms with Gasteiger partial charge in [0.15, 0.2) is 9.92 Å². The van der Waals surface area contributed by atoms with E-state index in [1.54, 1.807) is 19.9 Å². The maximum atomic E-state index is 12.3. The molecule has 104 valence electrons. The van der Waals surface area contributed by atoms with Crippen molar-refractivity contribution in [3.05, 3.63) is 17.5 Å². The van der Waals surface area contributed by atoms with Crippen LogP contribution in [0.25, 0.3) is 9.40 Å². The molecular formula is C11H15N3O2S3. The lowest BCUT2D eigenvalue weighted by Crippen LogP contribution is -2.35. The molecule has 2 rings (SSSR count). The van der Waals surface area contributed by atoms with Crippen molar-refractivity contribution >= 4 is 47.9 Å². The highest BCUT2D eigenvalue weighted by molar-refractivity contribution is 7.94. The molecule has 1 amide bonds. The standard InChI is InChI=1S/C11H15N3O2S3/c1-6(2)10(12)11(15)14-19(13,16)9-5-8-7(18-9)3-4-17-8/h3-6,10H,12H2,1-2H3,(H2,13,14,15,16)/t10-,19?/m0/s1. The van der Waals surface area contributed by atoms with Crippen LogP contribution in [0.15, 0.2) is 26.1 Å². The van der Waals surface area contributed by atoms with Gasteiger partial charge in [-0.15, -0.1) is 27.0 Å². The number of carbonyl (C=O) groups excluding carboxylic acids is 1. The van der Waals surface area contributed by atoms with Crippen LogP contribution in [-0.2, 0) is 14.7 Å². The predicted octanol–water partition coefficient (Wildman–Crippen LogP) is 2.17. The minimum atomic E-state index is -3.20. The van der Waals surface area contributed by atoms with Gasteiger partial charge in [0.25, 0.3) is 5.91 Å². The third kappa shape index (κ3) is 3.03. The summed E-state index contributed by atoms with van der Waals surface area (Å²) in [6.45, 7) is 3.61. The third-order valence-corrected chi connectivity index (χ3v) is 6.63. The first-order chi connectivity index (χ1) is 8.81. The Kier molecular flexibility index (Phi) is 4.07.